The highest BCUT2D eigenvalue weighted by molar-refractivity contribution is 5.68. The topological polar surface area (TPSA) is 67.3 Å². The molecule has 6 heteroatoms. The number of aromatic nitrogens is 2. The van der Waals surface area contributed by atoms with E-state index in [4.69, 9.17) is 4.74 Å². The third-order valence-electron chi connectivity index (χ3n) is 4.53. The molecule has 1 fully saturated rings. The molecule has 0 radical (unpaired) electrons. The largest absolute Gasteiger partial charge is 0.444 e. The lowest BCUT2D eigenvalue weighted by Gasteiger charge is -2.39. The van der Waals surface area contributed by atoms with Gasteiger partial charge in [0.25, 0.3) is 5.56 Å². The number of fused-ring (bicyclic) bond motifs is 2. The third-order valence-corrected chi connectivity index (χ3v) is 4.53. The average molecular weight is 293 g/mol. The standard InChI is InChI=1S/C15H23N3O3/c1-14(2,3)21-13(20)17-7-4-15(5-8-17)6-9-18-11(15)10-12(19)16-18/h10H,4-9H2,1-3H3,(H,16,19). The molecule has 1 amide bonds. The maximum Gasteiger partial charge on any atom is 0.410 e. The summed E-state index contributed by atoms with van der Waals surface area (Å²) in [4.78, 5) is 25.4. The van der Waals surface area contributed by atoms with Crippen molar-refractivity contribution in [2.24, 2.45) is 0 Å². The molecule has 0 atom stereocenters. The molecule has 2 aliphatic rings. The Hall–Kier alpha value is -1.72. The molecule has 1 spiro atoms. The van der Waals surface area contributed by atoms with E-state index in [0.29, 0.717) is 13.1 Å². The van der Waals surface area contributed by atoms with Crippen molar-refractivity contribution in [3.05, 3.63) is 22.1 Å². The third kappa shape index (κ3) is 2.59. The van der Waals surface area contributed by atoms with Gasteiger partial charge in [0.05, 0.1) is 0 Å². The number of hydrogen-bond donors (Lipinski definition) is 1. The Balaban J connectivity index is 1.69. The van der Waals surface area contributed by atoms with Crippen LogP contribution in [0.4, 0.5) is 4.79 Å². The number of aryl methyl sites for hydroxylation is 1. The fourth-order valence-electron chi connectivity index (χ4n) is 3.45. The predicted octanol–water partition coefficient (Wildman–Crippen LogP) is 1.85. The van der Waals surface area contributed by atoms with Gasteiger partial charge in [-0.2, -0.15) is 0 Å². The molecule has 1 N–H and O–H groups in total. The first-order valence-electron chi connectivity index (χ1n) is 7.57. The maximum atomic E-state index is 12.1. The van der Waals surface area contributed by atoms with Crippen LogP contribution in [0.25, 0.3) is 0 Å². The van der Waals surface area contributed by atoms with Crippen LogP contribution in [-0.2, 0) is 16.7 Å². The highest BCUT2D eigenvalue weighted by Gasteiger charge is 2.43. The maximum absolute atomic E-state index is 12.1. The van der Waals surface area contributed by atoms with E-state index in [-0.39, 0.29) is 17.1 Å². The molecule has 0 aromatic carbocycles. The number of hydrogen-bond acceptors (Lipinski definition) is 3. The number of rotatable bonds is 0. The minimum atomic E-state index is -0.458. The zero-order chi connectivity index (χ0) is 15.3. The number of aromatic amines is 1. The van der Waals surface area contributed by atoms with E-state index in [2.05, 4.69) is 5.10 Å². The van der Waals surface area contributed by atoms with Crippen LogP contribution in [0.5, 0.6) is 0 Å². The molecule has 3 rings (SSSR count). The van der Waals surface area contributed by atoms with Crippen molar-refractivity contribution in [1.29, 1.82) is 0 Å². The van der Waals surface area contributed by atoms with Crippen molar-refractivity contribution in [2.45, 2.75) is 57.6 Å². The normalized spacial score (nSPS) is 20.6. The van der Waals surface area contributed by atoms with Gasteiger partial charge in [0.15, 0.2) is 0 Å². The molecule has 0 aliphatic carbocycles. The Morgan fingerprint density at radius 1 is 1.24 bits per heavy atom. The Bertz CT molecular complexity index is 600. The Morgan fingerprint density at radius 2 is 1.86 bits per heavy atom. The Labute approximate surface area is 124 Å². The van der Waals surface area contributed by atoms with E-state index in [1.54, 1.807) is 11.0 Å². The van der Waals surface area contributed by atoms with Gasteiger partial charge in [0.1, 0.15) is 5.60 Å². The molecule has 3 heterocycles. The number of likely N-dealkylation sites (tertiary alicyclic amines) is 1. The Kier molecular flexibility index (Phi) is 3.15. The van der Waals surface area contributed by atoms with Crippen molar-refractivity contribution in [2.75, 3.05) is 13.1 Å². The van der Waals surface area contributed by atoms with Crippen LogP contribution in [0.2, 0.25) is 0 Å². The highest BCUT2D eigenvalue weighted by Crippen LogP contribution is 2.42. The molecule has 1 saturated heterocycles. The number of ether oxygens (including phenoxy) is 1. The van der Waals surface area contributed by atoms with Gasteiger partial charge in [0, 0.05) is 36.8 Å². The van der Waals surface area contributed by atoms with Crippen LogP contribution in [0.1, 0.15) is 45.7 Å². The van der Waals surface area contributed by atoms with Crippen molar-refractivity contribution < 1.29 is 9.53 Å². The van der Waals surface area contributed by atoms with Gasteiger partial charge < -0.3 is 9.64 Å². The average Bonchev–Trinajstić information content (AvgIpc) is 2.89. The molecule has 0 unspecified atom stereocenters. The van der Waals surface area contributed by atoms with Gasteiger partial charge in [0.2, 0.25) is 0 Å². The summed E-state index contributed by atoms with van der Waals surface area (Å²) < 4.78 is 7.39. The van der Waals surface area contributed by atoms with E-state index < -0.39 is 5.60 Å². The molecule has 6 nitrogen and oxygen atoms in total. The van der Waals surface area contributed by atoms with Crippen LogP contribution in [0.15, 0.2) is 10.9 Å². The number of nitrogens with zero attached hydrogens (tertiary/aromatic N) is 2. The van der Waals surface area contributed by atoms with Gasteiger partial charge in [-0.15, -0.1) is 0 Å². The summed E-state index contributed by atoms with van der Waals surface area (Å²) in [6.07, 6.45) is 2.59. The van der Waals surface area contributed by atoms with E-state index in [9.17, 15) is 9.59 Å². The van der Waals surface area contributed by atoms with Gasteiger partial charge in [-0.3, -0.25) is 14.6 Å². The molecule has 1 aromatic heterocycles. The number of nitrogens with one attached hydrogen (secondary N) is 1. The summed E-state index contributed by atoms with van der Waals surface area (Å²) in [6.45, 7) is 7.88. The summed E-state index contributed by atoms with van der Waals surface area (Å²) in [6, 6.07) is 1.72. The SMILES string of the molecule is CC(C)(C)OC(=O)N1CCC2(CC1)CCn1[nH]c(=O)cc12. The lowest BCUT2D eigenvalue weighted by molar-refractivity contribution is 0.0164. The molecule has 1 aromatic rings. The Morgan fingerprint density at radius 3 is 2.48 bits per heavy atom. The fourth-order valence-corrected chi connectivity index (χ4v) is 3.45. The van der Waals surface area contributed by atoms with Gasteiger partial charge in [-0.1, -0.05) is 0 Å². The quantitative estimate of drug-likeness (QED) is 0.793. The first-order valence-corrected chi connectivity index (χ1v) is 7.57. The zero-order valence-electron chi connectivity index (χ0n) is 12.9. The van der Waals surface area contributed by atoms with E-state index in [0.717, 1.165) is 31.5 Å². The molecular formula is C15H23N3O3. The smallest absolute Gasteiger partial charge is 0.410 e. The first-order chi connectivity index (χ1) is 9.79. The van der Waals surface area contributed by atoms with Gasteiger partial charge in [-0.05, 0) is 40.0 Å². The lowest BCUT2D eigenvalue weighted by atomic mass is 9.75. The van der Waals surface area contributed by atoms with Crippen LogP contribution >= 0.6 is 0 Å². The summed E-state index contributed by atoms with van der Waals surface area (Å²) >= 11 is 0. The molecule has 21 heavy (non-hydrogen) atoms. The molecule has 116 valence electrons. The van der Waals surface area contributed by atoms with Crippen molar-refractivity contribution in [1.82, 2.24) is 14.7 Å². The summed E-state index contributed by atoms with van der Waals surface area (Å²) in [5.41, 5.74) is 0.674. The zero-order valence-corrected chi connectivity index (χ0v) is 12.9. The van der Waals surface area contributed by atoms with E-state index in [1.807, 2.05) is 25.5 Å². The second-order valence-electron chi connectivity index (χ2n) is 7.15. The van der Waals surface area contributed by atoms with Crippen LogP contribution in [-0.4, -0.2) is 39.5 Å². The van der Waals surface area contributed by atoms with Gasteiger partial charge in [-0.25, -0.2) is 4.79 Å². The van der Waals surface area contributed by atoms with Gasteiger partial charge >= 0.3 is 6.09 Å². The minimum absolute atomic E-state index is 0.0290. The fraction of sp³-hybridized carbons (Fsp3) is 0.733. The summed E-state index contributed by atoms with van der Waals surface area (Å²) in [5.74, 6) is 0. The van der Waals surface area contributed by atoms with Crippen LogP contribution in [0.3, 0.4) is 0 Å². The monoisotopic (exact) mass is 293 g/mol. The molecule has 2 aliphatic heterocycles. The molecule has 0 saturated carbocycles. The summed E-state index contributed by atoms with van der Waals surface area (Å²) in [7, 11) is 0. The van der Waals surface area contributed by atoms with Crippen LogP contribution in [0, 0.1) is 0 Å². The predicted molar refractivity (Wildman–Crippen MR) is 78.4 cm³/mol. The summed E-state index contributed by atoms with van der Waals surface area (Å²) in [5, 5.41) is 2.85. The highest BCUT2D eigenvalue weighted by atomic mass is 16.6. The van der Waals surface area contributed by atoms with E-state index in [1.165, 1.54) is 0 Å². The molecule has 0 bridgehead atoms. The first kappa shape index (κ1) is 14.2. The van der Waals surface area contributed by atoms with Crippen molar-refractivity contribution >= 4 is 6.09 Å². The number of carbonyl (C=O) groups excluding carboxylic acids is 1. The number of carbonyl (C=O) groups is 1. The number of H-pyrrole nitrogens is 1. The second kappa shape index (κ2) is 4.64. The van der Waals surface area contributed by atoms with E-state index >= 15 is 0 Å². The second-order valence-corrected chi connectivity index (χ2v) is 7.15. The lowest BCUT2D eigenvalue weighted by Crippen LogP contribution is -2.46. The van der Waals surface area contributed by atoms with Crippen molar-refractivity contribution in [3.8, 4) is 0 Å². The minimum Gasteiger partial charge on any atom is -0.444 e. The van der Waals surface area contributed by atoms with Crippen molar-refractivity contribution in [3.63, 3.8) is 0 Å². The molecular weight excluding hydrogens is 270 g/mol. The van der Waals surface area contributed by atoms with Crippen LogP contribution < -0.4 is 5.56 Å². The number of amides is 1. The number of piperidine rings is 1.